The lowest BCUT2D eigenvalue weighted by Crippen LogP contribution is -2.33. The molecule has 1 atom stereocenters. The molecule has 150 valence electrons. The van der Waals surface area contributed by atoms with Gasteiger partial charge in [-0.05, 0) is 46.2 Å². The fraction of sp³-hybridized carbons (Fsp3) is 0.292. The second kappa shape index (κ2) is 8.64. The molecule has 1 amide bonds. The van der Waals surface area contributed by atoms with Crippen LogP contribution >= 0.6 is 0 Å². The molecular formula is C24H25NO4. The molecule has 0 spiro atoms. The van der Waals surface area contributed by atoms with Gasteiger partial charge in [0.15, 0.2) is 0 Å². The van der Waals surface area contributed by atoms with E-state index in [0.29, 0.717) is 32.0 Å². The van der Waals surface area contributed by atoms with E-state index in [9.17, 15) is 4.79 Å². The van der Waals surface area contributed by atoms with Gasteiger partial charge in [0.1, 0.15) is 18.5 Å². The van der Waals surface area contributed by atoms with E-state index in [-0.39, 0.29) is 12.0 Å². The number of fused-ring (bicyclic) bond motifs is 1. The fourth-order valence-corrected chi connectivity index (χ4v) is 3.51. The molecule has 1 heterocycles. The highest BCUT2D eigenvalue weighted by Gasteiger charge is 2.16. The van der Waals surface area contributed by atoms with Crippen molar-refractivity contribution in [1.82, 2.24) is 4.90 Å². The maximum absolute atomic E-state index is 12.4. The molecule has 1 fully saturated rings. The van der Waals surface area contributed by atoms with Crippen LogP contribution in [0.3, 0.4) is 0 Å². The molecule has 1 aliphatic rings. The van der Waals surface area contributed by atoms with Gasteiger partial charge in [0.25, 0.3) is 5.91 Å². The number of hydrogen-bond donors (Lipinski definition) is 0. The summed E-state index contributed by atoms with van der Waals surface area (Å²) in [4.78, 5) is 14.0. The van der Waals surface area contributed by atoms with E-state index in [1.165, 1.54) is 0 Å². The van der Waals surface area contributed by atoms with Crippen LogP contribution in [0.25, 0.3) is 21.9 Å². The van der Waals surface area contributed by atoms with E-state index in [1.54, 1.807) is 19.0 Å². The fourth-order valence-electron chi connectivity index (χ4n) is 3.51. The van der Waals surface area contributed by atoms with Crippen LogP contribution in [-0.2, 0) is 9.47 Å². The quantitative estimate of drug-likeness (QED) is 0.660. The Morgan fingerprint density at radius 3 is 2.72 bits per heavy atom. The number of ether oxygens (including phenoxy) is 3. The van der Waals surface area contributed by atoms with Crippen LogP contribution < -0.4 is 4.74 Å². The summed E-state index contributed by atoms with van der Waals surface area (Å²) in [7, 11) is 3.52. The second-order valence-corrected chi connectivity index (χ2v) is 7.35. The lowest BCUT2D eigenvalue weighted by molar-refractivity contribution is -0.101. The lowest BCUT2D eigenvalue weighted by Gasteiger charge is -2.23. The molecule has 0 aromatic heterocycles. The van der Waals surface area contributed by atoms with E-state index in [4.69, 9.17) is 14.2 Å². The number of benzene rings is 3. The van der Waals surface area contributed by atoms with Gasteiger partial charge in [-0.25, -0.2) is 0 Å². The van der Waals surface area contributed by atoms with Crippen molar-refractivity contribution < 1.29 is 19.0 Å². The third-order valence-electron chi connectivity index (χ3n) is 4.98. The first-order valence-electron chi connectivity index (χ1n) is 9.79. The van der Waals surface area contributed by atoms with E-state index < -0.39 is 0 Å². The summed E-state index contributed by atoms with van der Waals surface area (Å²) in [5.74, 6) is 0.759. The van der Waals surface area contributed by atoms with Crippen molar-refractivity contribution in [1.29, 1.82) is 0 Å². The summed E-state index contributed by atoms with van der Waals surface area (Å²) in [5, 5.41) is 2.21. The zero-order valence-corrected chi connectivity index (χ0v) is 16.8. The van der Waals surface area contributed by atoms with Crippen molar-refractivity contribution in [3.8, 4) is 16.9 Å². The number of carbonyl (C=O) groups is 1. The molecule has 0 aliphatic carbocycles. The third-order valence-corrected chi connectivity index (χ3v) is 4.98. The van der Waals surface area contributed by atoms with Crippen molar-refractivity contribution in [3.63, 3.8) is 0 Å². The Kier molecular flexibility index (Phi) is 5.79. The van der Waals surface area contributed by atoms with Crippen molar-refractivity contribution in [2.24, 2.45) is 0 Å². The van der Waals surface area contributed by atoms with Gasteiger partial charge in [-0.3, -0.25) is 4.79 Å². The highest BCUT2D eigenvalue weighted by Crippen LogP contribution is 2.33. The summed E-state index contributed by atoms with van der Waals surface area (Å²) in [6, 6.07) is 20.0. The number of nitrogens with zero attached hydrogens (tertiary/aromatic N) is 1. The molecule has 1 aliphatic heterocycles. The van der Waals surface area contributed by atoms with Gasteiger partial charge in [-0.1, -0.05) is 36.4 Å². The van der Waals surface area contributed by atoms with Crippen LogP contribution in [0, 0.1) is 0 Å². The first kappa shape index (κ1) is 19.4. The minimum atomic E-state index is -0.0558. The Bertz CT molecular complexity index is 1010. The maximum Gasteiger partial charge on any atom is 0.253 e. The normalized spacial score (nSPS) is 16.6. The Morgan fingerprint density at radius 2 is 1.93 bits per heavy atom. The molecule has 3 aromatic carbocycles. The number of rotatable bonds is 5. The average Bonchev–Trinajstić information content (AvgIpc) is 2.77. The van der Waals surface area contributed by atoms with Crippen LogP contribution in [-0.4, -0.2) is 57.4 Å². The monoisotopic (exact) mass is 391 g/mol. The predicted octanol–water partition coefficient (Wildman–Crippen LogP) is 4.00. The largest absolute Gasteiger partial charge is 0.491 e. The molecule has 0 radical (unpaired) electrons. The van der Waals surface area contributed by atoms with Gasteiger partial charge >= 0.3 is 0 Å². The molecule has 1 saturated heterocycles. The smallest absolute Gasteiger partial charge is 0.253 e. The third kappa shape index (κ3) is 4.42. The van der Waals surface area contributed by atoms with Crippen molar-refractivity contribution in [2.75, 3.05) is 40.5 Å². The van der Waals surface area contributed by atoms with E-state index in [0.717, 1.165) is 27.6 Å². The highest BCUT2D eigenvalue weighted by molar-refractivity contribution is 6.00. The van der Waals surface area contributed by atoms with Crippen molar-refractivity contribution >= 4 is 16.7 Å². The van der Waals surface area contributed by atoms with Gasteiger partial charge in [0.05, 0.1) is 19.8 Å². The average molecular weight is 391 g/mol. The first-order chi connectivity index (χ1) is 14.1. The van der Waals surface area contributed by atoms with Crippen LogP contribution in [0.2, 0.25) is 0 Å². The van der Waals surface area contributed by atoms with E-state index in [2.05, 4.69) is 12.1 Å². The first-order valence-corrected chi connectivity index (χ1v) is 9.79. The van der Waals surface area contributed by atoms with Gasteiger partial charge in [-0.15, -0.1) is 0 Å². The van der Waals surface area contributed by atoms with E-state index >= 15 is 0 Å². The molecule has 4 rings (SSSR count). The molecule has 0 N–H and O–H groups in total. The Balaban J connectivity index is 1.69. The Hall–Kier alpha value is -2.89. The lowest BCUT2D eigenvalue weighted by atomic mass is 9.96. The Labute approximate surface area is 170 Å². The van der Waals surface area contributed by atoms with Gasteiger partial charge in [0, 0.05) is 19.7 Å². The summed E-state index contributed by atoms with van der Waals surface area (Å²) < 4.78 is 17.2. The molecule has 5 heteroatoms. The summed E-state index contributed by atoms with van der Waals surface area (Å²) in [6.45, 7) is 2.23. The topological polar surface area (TPSA) is 48.0 Å². The van der Waals surface area contributed by atoms with Gasteiger partial charge in [0.2, 0.25) is 0 Å². The van der Waals surface area contributed by atoms with Crippen molar-refractivity contribution in [3.05, 3.63) is 66.2 Å². The molecule has 3 aromatic rings. The summed E-state index contributed by atoms with van der Waals surface area (Å²) >= 11 is 0. The number of carbonyl (C=O) groups excluding carboxylic acids is 1. The molecule has 5 nitrogen and oxygen atoms in total. The highest BCUT2D eigenvalue weighted by atomic mass is 16.6. The van der Waals surface area contributed by atoms with Crippen LogP contribution in [0.1, 0.15) is 10.4 Å². The second-order valence-electron chi connectivity index (χ2n) is 7.35. The van der Waals surface area contributed by atoms with Gasteiger partial charge in [-0.2, -0.15) is 0 Å². The predicted molar refractivity (Wildman–Crippen MR) is 113 cm³/mol. The van der Waals surface area contributed by atoms with Crippen LogP contribution in [0.15, 0.2) is 60.7 Å². The standard InChI is InChI=1S/C24H25NO4/c1-25(2)24(26)19-8-5-7-17(12-19)23-14-20(13-18-6-3-4-9-22(18)23)29-16-21-15-27-10-11-28-21/h3-9,12-14,21H,10-11,15-16H2,1-2H3. The summed E-state index contributed by atoms with van der Waals surface area (Å²) in [6.07, 6.45) is -0.0558. The molecule has 0 saturated carbocycles. The SMILES string of the molecule is CN(C)C(=O)c1cccc(-c2cc(OCC3COCCO3)cc3ccccc23)c1. The molecule has 29 heavy (non-hydrogen) atoms. The minimum absolute atomic E-state index is 0.0157. The maximum atomic E-state index is 12.4. The van der Waals surface area contributed by atoms with E-state index in [1.807, 2.05) is 48.5 Å². The van der Waals surface area contributed by atoms with Gasteiger partial charge < -0.3 is 19.1 Å². The van der Waals surface area contributed by atoms with Crippen LogP contribution in [0.4, 0.5) is 0 Å². The molecule has 1 unspecified atom stereocenters. The molecule has 0 bridgehead atoms. The number of hydrogen-bond acceptors (Lipinski definition) is 4. The van der Waals surface area contributed by atoms with Crippen molar-refractivity contribution in [2.45, 2.75) is 6.10 Å². The molecular weight excluding hydrogens is 366 g/mol. The zero-order valence-electron chi connectivity index (χ0n) is 16.8. The minimum Gasteiger partial charge on any atom is -0.491 e. The Morgan fingerprint density at radius 1 is 1.07 bits per heavy atom. The summed E-state index contributed by atoms with van der Waals surface area (Å²) in [5.41, 5.74) is 2.68. The van der Waals surface area contributed by atoms with Crippen LogP contribution in [0.5, 0.6) is 5.75 Å². The zero-order chi connectivity index (χ0) is 20.2. The number of amides is 1.